The van der Waals surface area contributed by atoms with Gasteiger partial charge in [0.05, 0.1) is 17.7 Å². The fourth-order valence-corrected chi connectivity index (χ4v) is 2.10. The Labute approximate surface area is 110 Å². The molecule has 0 aliphatic rings. The van der Waals surface area contributed by atoms with Crippen LogP contribution in [-0.2, 0) is 9.47 Å². The molecule has 0 saturated carbocycles. The number of hydrogen-bond acceptors (Lipinski definition) is 4. The lowest BCUT2D eigenvalue weighted by Crippen LogP contribution is -2.20. The molecule has 6 heteroatoms. The largest absolute Gasteiger partial charge is 0.465 e. The number of methoxy groups -OCH3 is 2. The molecule has 0 bridgehead atoms. The first-order valence-corrected chi connectivity index (χ1v) is 5.58. The van der Waals surface area contributed by atoms with Crippen molar-refractivity contribution in [2.45, 2.75) is 6.23 Å². The van der Waals surface area contributed by atoms with E-state index >= 15 is 0 Å². The molecule has 1 aromatic carbocycles. The van der Waals surface area contributed by atoms with Crippen molar-refractivity contribution < 1.29 is 14.3 Å². The minimum Gasteiger partial charge on any atom is -0.465 e. The van der Waals surface area contributed by atoms with Crippen LogP contribution in [0.1, 0.15) is 22.1 Å². The molecule has 1 aromatic rings. The van der Waals surface area contributed by atoms with Gasteiger partial charge in [0.1, 0.15) is 6.23 Å². The summed E-state index contributed by atoms with van der Waals surface area (Å²) in [5.74, 6) is -0.515. The SMILES string of the molecule is CNC(OC)c1c(Cl)ccc(C(=O)OC)c1Cl. The molecule has 0 fully saturated rings. The summed E-state index contributed by atoms with van der Waals surface area (Å²) in [6, 6.07) is 3.10. The molecule has 94 valence electrons. The van der Waals surface area contributed by atoms with Crippen LogP contribution in [0, 0.1) is 0 Å². The van der Waals surface area contributed by atoms with Crippen LogP contribution in [0.5, 0.6) is 0 Å². The van der Waals surface area contributed by atoms with Gasteiger partial charge < -0.3 is 9.47 Å². The maximum absolute atomic E-state index is 11.5. The van der Waals surface area contributed by atoms with E-state index in [1.807, 2.05) is 0 Å². The van der Waals surface area contributed by atoms with Gasteiger partial charge in [0.15, 0.2) is 0 Å². The van der Waals surface area contributed by atoms with Crippen molar-refractivity contribution in [3.63, 3.8) is 0 Å². The monoisotopic (exact) mass is 277 g/mol. The molecule has 0 aliphatic heterocycles. The number of esters is 1. The van der Waals surface area contributed by atoms with Gasteiger partial charge in [-0.2, -0.15) is 0 Å². The van der Waals surface area contributed by atoms with E-state index in [2.05, 4.69) is 10.1 Å². The second kappa shape index (κ2) is 6.21. The van der Waals surface area contributed by atoms with E-state index < -0.39 is 12.2 Å². The van der Waals surface area contributed by atoms with Crippen molar-refractivity contribution in [3.8, 4) is 0 Å². The van der Waals surface area contributed by atoms with Crippen LogP contribution in [0.25, 0.3) is 0 Å². The van der Waals surface area contributed by atoms with E-state index in [1.54, 1.807) is 13.1 Å². The number of hydrogen-bond donors (Lipinski definition) is 1. The van der Waals surface area contributed by atoms with Gasteiger partial charge in [-0.1, -0.05) is 23.2 Å². The van der Waals surface area contributed by atoms with E-state index in [0.29, 0.717) is 10.6 Å². The molecule has 0 heterocycles. The highest BCUT2D eigenvalue weighted by molar-refractivity contribution is 6.38. The maximum Gasteiger partial charge on any atom is 0.339 e. The van der Waals surface area contributed by atoms with Crippen molar-refractivity contribution in [2.75, 3.05) is 21.3 Å². The number of carbonyl (C=O) groups excluding carboxylic acids is 1. The quantitative estimate of drug-likeness (QED) is 0.679. The minimum atomic E-state index is -0.515. The molecule has 0 radical (unpaired) electrons. The van der Waals surface area contributed by atoms with Gasteiger partial charge in [-0.15, -0.1) is 0 Å². The second-order valence-electron chi connectivity index (χ2n) is 3.22. The lowest BCUT2D eigenvalue weighted by Gasteiger charge is -2.18. The zero-order chi connectivity index (χ0) is 13.0. The Morgan fingerprint density at radius 2 is 2.00 bits per heavy atom. The third-order valence-electron chi connectivity index (χ3n) is 2.29. The normalized spacial score (nSPS) is 12.3. The van der Waals surface area contributed by atoms with E-state index in [1.165, 1.54) is 20.3 Å². The lowest BCUT2D eigenvalue weighted by atomic mass is 10.1. The van der Waals surface area contributed by atoms with Gasteiger partial charge in [-0.3, -0.25) is 5.32 Å². The first-order chi connectivity index (χ1) is 8.06. The lowest BCUT2D eigenvalue weighted by molar-refractivity contribution is 0.0599. The predicted molar refractivity (Wildman–Crippen MR) is 66.6 cm³/mol. The van der Waals surface area contributed by atoms with Crippen LogP contribution in [0.15, 0.2) is 12.1 Å². The highest BCUT2D eigenvalue weighted by Crippen LogP contribution is 2.33. The van der Waals surface area contributed by atoms with Crippen LogP contribution in [0.4, 0.5) is 0 Å². The first kappa shape index (κ1) is 14.3. The van der Waals surface area contributed by atoms with Crippen molar-refractivity contribution in [1.82, 2.24) is 5.32 Å². The van der Waals surface area contributed by atoms with Gasteiger partial charge in [0.25, 0.3) is 0 Å². The van der Waals surface area contributed by atoms with Gasteiger partial charge in [0.2, 0.25) is 0 Å². The highest BCUT2D eigenvalue weighted by Gasteiger charge is 2.21. The molecule has 1 N–H and O–H groups in total. The zero-order valence-corrected chi connectivity index (χ0v) is 11.2. The Morgan fingerprint density at radius 1 is 1.35 bits per heavy atom. The van der Waals surface area contributed by atoms with E-state index in [0.717, 1.165) is 0 Å². The highest BCUT2D eigenvalue weighted by atomic mass is 35.5. The fourth-order valence-electron chi connectivity index (χ4n) is 1.46. The summed E-state index contributed by atoms with van der Waals surface area (Å²) in [7, 11) is 4.50. The van der Waals surface area contributed by atoms with Crippen molar-refractivity contribution in [3.05, 3.63) is 33.3 Å². The molecule has 0 saturated heterocycles. The predicted octanol–water partition coefficient (Wildman–Crippen LogP) is 2.64. The fraction of sp³-hybridized carbons (Fsp3) is 0.364. The third-order valence-corrected chi connectivity index (χ3v) is 3.03. The number of halogens is 2. The van der Waals surface area contributed by atoms with E-state index in [9.17, 15) is 4.79 Å². The average molecular weight is 278 g/mol. The van der Waals surface area contributed by atoms with E-state index in [-0.39, 0.29) is 10.6 Å². The molecular weight excluding hydrogens is 265 g/mol. The smallest absolute Gasteiger partial charge is 0.339 e. The topological polar surface area (TPSA) is 47.6 Å². The maximum atomic E-state index is 11.5. The van der Waals surface area contributed by atoms with Gasteiger partial charge >= 0.3 is 5.97 Å². The third kappa shape index (κ3) is 2.90. The standard InChI is InChI=1S/C11H13Cl2NO3/c1-14-10(16-2)8-7(12)5-4-6(9(8)13)11(15)17-3/h4-5,10,14H,1-3H3. The summed E-state index contributed by atoms with van der Waals surface area (Å²) in [6.45, 7) is 0. The molecule has 17 heavy (non-hydrogen) atoms. The van der Waals surface area contributed by atoms with Crippen LogP contribution >= 0.6 is 23.2 Å². The van der Waals surface area contributed by atoms with Crippen molar-refractivity contribution in [2.24, 2.45) is 0 Å². The summed E-state index contributed by atoms with van der Waals surface area (Å²) >= 11 is 12.2. The number of benzene rings is 1. The Hall–Kier alpha value is -0.810. The first-order valence-electron chi connectivity index (χ1n) is 4.83. The number of ether oxygens (including phenoxy) is 2. The summed E-state index contributed by atoms with van der Waals surface area (Å²) in [4.78, 5) is 11.5. The summed E-state index contributed by atoms with van der Waals surface area (Å²) in [6.07, 6.45) is -0.486. The van der Waals surface area contributed by atoms with Crippen LogP contribution in [0.3, 0.4) is 0 Å². The summed E-state index contributed by atoms with van der Waals surface area (Å²) < 4.78 is 9.81. The summed E-state index contributed by atoms with van der Waals surface area (Å²) in [5.41, 5.74) is 0.770. The van der Waals surface area contributed by atoms with Crippen molar-refractivity contribution in [1.29, 1.82) is 0 Å². The molecule has 0 spiro atoms. The van der Waals surface area contributed by atoms with E-state index in [4.69, 9.17) is 27.9 Å². The number of carbonyl (C=O) groups is 1. The van der Waals surface area contributed by atoms with Crippen molar-refractivity contribution >= 4 is 29.2 Å². The van der Waals surface area contributed by atoms with Gasteiger partial charge in [-0.25, -0.2) is 4.79 Å². The molecule has 1 atom stereocenters. The van der Waals surface area contributed by atoms with Gasteiger partial charge in [-0.05, 0) is 19.2 Å². The molecule has 4 nitrogen and oxygen atoms in total. The Balaban J connectivity index is 3.33. The number of rotatable bonds is 4. The Bertz CT molecular complexity index is 419. The Morgan fingerprint density at radius 3 is 2.47 bits per heavy atom. The molecule has 0 aromatic heterocycles. The molecular formula is C11H13Cl2NO3. The molecule has 0 amide bonds. The Kier molecular flexibility index (Phi) is 5.21. The zero-order valence-electron chi connectivity index (χ0n) is 9.71. The van der Waals surface area contributed by atoms with Gasteiger partial charge in [0, 0.05) is 17.7 Å². The van der Waals surface area contributed by atoms with Crippen LogP contribution < -0.4 is 5.32 Å². The second-order valence-corrected chi connectivity index (χ2v) is 4.00. The molecule has 1 rings (SSSR count). The van der Waals surface area contributed by atoms with Crippen LogP contribution in [-0.4, -0.2) is 27.2 Å². The summed E-state index contributed by atoms with van der Waals surface area (Å²) in [5, 5.41) is 3.54. The number of nitrogens with one attached hydrogen (secondary N) is 1. The molecule has 0 aliphatic carbocycles. The van der Waals surface area contributed by atoms with Crippen LogP contribution in [0.2, 0.25) is 10.0 Å². The average Bonchev–Trinajstić information content (AvgIpc) is 2.33. The molecule has 1 unspecified atom stereocenters. The minimum absolute atomic E-state index is 0.227.